The molecule has 0 saturated carbocycles. The van der Waals surface area contributed by atoms with E-state index in [1.165, 1.54) is 18.2 Å². The van der Waals surface area contributed by atoms with Gasteiger partial charge in [-0.05, 0) is 46.9 Å². The molecule has 172 valence electrons. The molecule has 0 aliphatic rings. The number of nitrogens with two attached hydrogens (primary N) is 1. The molecular formula is C25H27ClN4O3. The van der Waals surface area contributed by atoms with Gasteiger partial charge in [0.2, 0.25) is 5.91 Å². The number of amides is 2. The Labute approximate surface area is 197 Å². The maximum absolute atomic E-state index is 12.3. The highest BCUT2D eigenvalue weighted by atomic mass is 35.5. The molecule has 8 heteroatoms. The predicted octanol–water partition coefficient (Wildman–Crippen LogP) is 3.95. The Hall–Kier alpha value is -3.42. The van der Waals surface area contributed by atoms with Crippen molar-refractivity contribution < 1.29 is 14.7 Å². The van der Waals surface area contributed by atoms with Gasteiger partial charge < -0.3 is 16.2 Å². The van der Waals surface area contributed by atoms with Crippen molar-refractivity contribution in [1.82, 2.24) is 10.7 Å². The number of carbonyl (C=O) groups excluding carboxylic acids is 2. The summed E-state index contributed by atoms with van der Waals surface area (Å²) in [6, 6.07) is 15.5. The number of hydrogen-bond acceptors (Lipinski definition) is 5. The molecule has 7 nitrogen and oxygen atoms in total. The molecule has 33 heavy (non-hydrogen) atoms. The fourth-order valence-corrected chi connectivity index (χ4v) is 3.71. The van der Waals surface area contributed by atoms with Crippen LogP contribution >= 0.6 is 11.6 Å². The Morgan fingerprint density at radius 3 is 2.52 bits per heavy atom. The molecule has 0 spiro atoms. The minimum Gasteiger partial charge on any atom is -0.506 e. The maximum atomic E-state index is 12.3. The molecule has 0 aliphatic heterocycles. The zero-order chi connectivity index (χ0) is 24.0. The SMILES string of the molecule is CC(C)C[C@H](NCc1ccc(/C=N/NC(=O)c2ccc(O)c(Cl)c2)c2ccccc12)C(N)=O. The average Bonchev–Trinajstić information content (AvgIpc) is 2.78. The number of benzene rings is 3. The summed E-state index contributed by atoms with van der Waals surface area (Å²) in [7, 11) is 0. The van der Waals surface area contributed by atoms with Gasteiger partial charge in [0.15, 0.2) is 0 Å². The normalized spacial score (nSPS) is 12.4. The standard InChI is InChI=1S/C25H27ClN4O3/c1-15(2)11-22(24(27)32)28-13-17-7-8-18(20-6-4-3-5-19(17)20)14-29-30-25(33)16-9-10-23(31)21(26)12-16/h3-10,12,14-15,22,28,31H,11,13H2,1-2H3,(H2,27,32)(H,30,33)/b29-14+/t22-/m0/s1. The molecule has 3 aromatic rings. The summed E-state index contributed by atoms with van der Waals surface area (Å²) in [4.78, 5) is 24.1. The molecule has 0 fully saturated rings. The van der Waals surface area contributed by atoms with Crippen molar-refractivity contribution in [2.75, 3.05) is 0 Å². The minimum atomic E-state index is -0.444. The first kappa shape index (κ1) is 24.2. The Balaban J connectivity index is 1.76. The van der Waals surface area contributed by atoms with E-state index in [1.807, 2.05) is 36.4 Å². The number of fused-ring (bicyclic) bond motifs is 1. The van der Waals surface area contributed by atoms with Gasteiger partial charge in [0.05, 0.1) is 17.3 Å². The fourth-order valence-electron chi connectivity index (χ4n) is 3.53. The van der Waals surface area contributed by atoms with Crippen molar-refractivity contribution in [2.45, 2.75) is 32.9 Å². The van der Waals surface area contributed by atoms with Gasteiger partial charge in [-0.25, -0.2) is 5.43 Å². The lowest BCUT2D eigenvalue weighted by molar-refractivity contribution is -0.120. The van der Waals surface area contributed by atoms with Gasteiger partial charge in [-0.3, -0.25) is 9.59 Å². The van der Waals surface area contributed by atoms with Crippen LogP contribution in [0.1, 0.15) is 41.8 Å². The third-order valence-corrected chi connectivity index (χ3v) is 5.52. The van der Waals surface area contributed by atoms with Gasteiger partial charge in [-0.2, -0.15) is 5.10 Å². The Morgan fingerprint density at radius 2 is 1.85 bits per heavy atom. The number of phenolic OH excluding ortho intramolecular Hbond substituents is 1. The quantitative estimate of drug-likeness (QED) is 0.282. The van der Waals surface area contributed by atoms with Crippen LogP contribution in [0.4, 0.5) is 0 Å². The van der Waals surface area contributed by atoms with Gasteiger partial charge in [0, 0.05) is 17.7 Å². The van der Waals surface area contributed by atoms with E-state index in [9.17, 15) is 14.7 Å². The number of nitrogens with zero attached hydrogens (tertiary/aromatic N) is 1. The van der Waals surface area contributed by atoms with Gasteiger partial charge in [-0.1, -0.05) is 61.8 Å². The molecule has 0 saturated heterocycles. The second-order valence-electron chi connectivity index (χ2n) is 8.19. The molecule has 0 aliphatic carbocycles. The number of hydrogen-bond donors (Lipinski definition) is 4. The highest BCUT2D eigenvalue weighted by molar-refractivity contribution is 6.32. The van der Waals surface area contributed by atoms with E-state index in [0.29, 0.717) is 18.9 Å². The lowest BCUT2D eigenvalue weighted by Crippen LogP contribution is -2.41. The van der Waals surface area contributed by atoms with Crippen LogP contribution in [0.15, 0.2) is 59.7 Å². The summed E-state index contributed by atoms with van der Waals surface area (Å²) in [5.74, 6) is -0.550. The number of carbonyl (C=O) groups is 2. The van der Waals surface area contributed by atoms with Crippen molar-refractivity contribution in [3.05, 3.63) is 76.3 Å². The van der Waals surface area contributed by atoms with Crippen molar-refractivity contribution in [3.63, 3.8) is 0 Å². The summed E-state index contributed by atoms with van der Waals surface area (Å²) in [5.41, 5.74) is 10.2. The zero-order valence-electron chi connectivity index (χ0n) is 18.5. The molecular weight excluding hydrogens is 440 g/mol. The summed E-state index contributed by atoms with van der Waals surface area (Å²) >= 11 is 5.86. The van der Waals surface area contributed by atoms with E-state index in [-0.39, 0.29) is 22.2 Å². The highest BCUT2D eigenvalue weighted by Crippen LogP contribution is 2.24. The van der Waals surface area contributed by atoms with Gasteiger partial charge in [-0.15, -0.1) is 0 Å². The maximum Gasteiger partial charge on any atom is 0.271 e. The fraction of sp³-hybridized carbons (Fsp3) is 0.240. The van der Waals surface area contributed by atoms with Crippen LogP contribution in [0.3, 0.4) is 0 Å². The van der Waals surface area contributed by atoms with Crippen LogP contribution < -0.4 is 16.5 Å². The molecule has 1 atom stereocenters. The van der Waals surface area contributed by atoms with Gasteiger partial charge >= 0.3 is 0 Å². The molecule has 0 unspecified atom stereocenters. The number of hydrazone groups is 1. The number of phenols is 1. The third-order valence-electron chi connectivity index (χ3n) is 5.22. The average molecular weight is 467 g/mol. The monoisotopic (exact) mass is 466 g/mol. The summed E-state index contributed by atoms with van der Waals surface area (Å²) in [6.45, 7) is 4.60. The van der Waals surface area contributed by atoms with Crippen LogP contribution in [0, 0.1) is 5.92 Å². The molecule has 3 rings (SSSR count). The second kappa shape index (κ2) is 10.9. The van der Waals surface area contributed by atoms with Crippen molar-refractivity contribution in [1.29, 1.82) is 0 Å². The molecule has 0 bridgehead atoms. The number of rotatable bonds is 9. The number of primary amides is 1. The Kier molecular flexibility index (Phi) is 8.03. The van der Waals surface area contributed by atoms with E-state index < -0.39 is 11.9 Å². The number of nitrogens with one attached hydrogen (secondary N) is 2. The summed E-state index contributed by atoms with van der Waals surface area (Å²) in [5, 5.41) is 18.9. The van der Waals surface area contributed by atoms with Crippen molar-refractivity contribution >= 4 is 40.4 Å². The summed E-state index contributed by atoms with van der Waals surface area (Å²) < 4.78 is 0. The molecule has 0 aromatic heterocycles. The van der Waals surface area contributed by atoms with E-state index in [0.717, 1.165) is 21.9 Å². The molecule has 0 heterocycles. The Morgan fingerprint density at radius 1 is 1.12 bits per heavy atom. The molecule has 5 N–H and O–H groups in total. The first-order chi connectivity index (χ1) is 15.8. The van der Waals surface area contributed by atoms with E-state index in [4.69, 9.17) is 17.3 Å². The minimum absolute atomic E-state index is 0.0915. The van der Waals surface area contributed by atoms with Gasteiger partial charge in [0.1, 0.15) is 5.75 Å². The summed E-state index contributed by atoms with van der Waals surface area (Å²) in [6.07, 6.45) is 2.24. The smallest absolute Gasteiger partial charge is 0.271 e. The zero-order valence-corrected chi connectivity index (χ0v) is 19.3. The lowest BCUT2D eigenvalue weighted by atomic mass is 9.99. The Bertz CT molecular complexity index is 1190. The lowest BCUT2D eigenvalue weighted by Gasteiger charge is -2.18. The van der Waals surface area contributed by atoms with Crippen LogP contribution in [0.5, 0.6) is 5.75 Å². The molecule has 2 amide bonds. The molecule has 3 aromatic carbocycles. The number of halogens is 1. The van der Waals surface area contributed by atoms with E-state index >= 15 is 0 Å². The largest absolute Gasteiger partial charge is 0.506 e. The topological polar surface area (TPSA) is 117 Å². The number of aromatic hydroxyl groups is 1. The van der Waals surface area contributed by atoms with Crippen molar-refractivity contribution in [3.8, 4) is 5.75 Å². The van der Waals surface area contributed by atoms with E-state index in [1.54, 1.807) is 6.21 Å². The first-order valence-electron chi connectivity index (χ1n) is 10.6. The molecule has 0 radical (unpaired) electrons. The highest BCUT2D eigenvalue weighted by Gasteiger charge is 2.17. The third kappa shape index (κ3) is 6.31. The van der Waals surface area contributed by atoms with Crippen LogP contribution in [-0.2, 0) is 11.3 Å². The van der Waals surface area contributed by atoms with E-state index in [2.05, 4.69) is 29.7 Å². The van der Waals surface area contributed by atoms with Crippen LogP contribution in [-0.4, -0.2) is 29.2 Å². The van der Waals surface area contributed by atoms with Gasteiger partial charge in [0.25, 0.3) is 5.91 Å². The predicted molar refractivity (Wildman–Crippen MR) is 131 cm³/mol. The van der Waals surface area contributed by atoms with Crippen molar-refractivity contribution in [2.24, 2.45) is 16.8 Å². The van der Waals surface area contributed by atoms with Crippen LogP contribution in [0.25, 0.3) is 10.8 Å². The second-order valence-corrected chi connectivity index (χ2v) is 8.60. The van der Waals surface area contributed by atoms with Crippen LogP contribution in [0.2, 0.25) is 5.02 Å². The first-order valence-corrected chi connectivity index (χ1v) is 11.0.